The number of imide groups is 1. The van der Waals surface area contributed by atoms with Crippen molar-refractivity contribution in [2.24, 2.45) is 5.73 Å². The van der Waals surface area contributed by atoms with Crippen LogP contribution in [-0.2, 0) is 4.79 Å². The molecule has 6 nitrogen and oxygen atoms in total. The summed E-state index contributed by atoms with van der Waals surface area (Å²) < 4.78 is 0. The molecule has 3 N–H and O–H groups in total. The molecular weight excluding hydrogens is 302 g/mol. The summed E-state index contributed by atoms with van der Waals surface area (Å²) in [6, 6.07) is 6.99. The Balaban J connectivity index is 2.90. The molecule has 0 fully saturated rings. The van der Waals surface area contributed by atoms with Crippen molar-refractivity contribution in [3.05, 3.63) is 35.9 Å². The van der Waals surface area contributed by atoms with Crippen molar-refractivity contribution < 1.29 is 14.4 Å². The van der Waals surface area contributed by atoms with Gasteiger partial charge in [-0.25, -0.2) is 4.79 Å². The average Bonchev–Trinajstić information content (AvgIpc) is 2.35. The molecule has 0 heterocycles. The topological polar surface area (TPSA) is 92.5 Å². The second-order valence-corrected chi connectivity index (χ2v) is 4.81. The van der Waals surface area contributed by atoms with Gasteiger partial charge in [0.05, 0.1) is 4.83 Å². The molecule has 0 aliphatic rings. The fourth-order valence-corrected chi connectivity index (χ4v) is 1.22. The zero-order chi connectivity index (χ0) is 13.7. The molecule has 1 rings (SSSR count). The van der Waals surface area contributed by atoms with Crippen molar-refractivity contribution in [3.63, 3.8) is 0 Å². The fourth-order valence-electron chi connectivity index (χ4n) is 1.11. The number of hydrogen-bond donors (Lipinski definition) is 2. The van der Waals surface area contributed by atoms with Crippen LogP contribution in [0.15, 0.2) is 30.3 Å². The van der Waals surface area contributed by atoms with E-state index in [9.17, 15) is 14.4 Å². The molecule has 0 aliphatic carbocycles. The van der Waals surface area contributed by atoms with E-state index in [1.54, 1.807) is 25.1 Å². The van der Waals surface area contributed by atoms with Gasteiger partial charge in [0.1, 0.15) is 0 Å². The molecule has 1 unspecified atom stereocenters. The minimum absolute atomic E-state index is 0.249. The summed E-state index contributed by atoms with van der Waals surface area (Å²) in [5.41, 5.74) is 7.45. The number of carbonyl (C=O) groups excluding carboxylic acids is 3. The smallest absolute Gasteiger partial charge is 0.341 e. The Morgan fingerprint density at radius 2 is 1.83 bits per heavy atom. The molecular formula is C11H12BrN3O3. The number of amides is 4. The van der Waals surface area contributed by atoms with Crippen molar-refractivity contribution >= 4 is 33.8 Å². The standard InChI is InChI=1S/C11H12BrN3O3/c1-7(12)9(16)14-15(11(13)18)10(17)8-5-3-2-4-6-8/h2-7H,1H3,(H2,13,18)(H,14,16). The van der Waals surface area contributed by atoms with Crippen LogP contribution in [-0.4, -0.2) is 27.7 Å². The third-order valence-electron chi connectivity index (χ3n) is 2.03. The summed E-state index contributed by atoms with van der Waals surface area (Å²) in [6.45, 7) is 1.56. The first-order valence-electron chi connectivity index (χ1n) is 5.07. The minimum atomic E-state index is -1.05. The molecule has 18 heavy (non-hydrogen) atoms. The second-order valence-electron chi connectivity index (χ2n) is 3.44. The van der Waals surface area contributed by atoms with Gasteiger partial charge in [-0.3, -0.25) is 15.0 Å². The van der Waals surface area contributed by atoms with Crippen LogP contribution < -0.4 is 11.2 Å². The highest BCUT2D eigenvalue weighted by molar-refractivity contribution is 9.10. The Kier molecular flexibility index (Phi) is 4.85. The maximum absolute atomic E-state index is 11.9. The SMILES string of the molecule is CC(Br)C(=O)NN(C(N)=O)C(=O)c1ccccc1. The molecule has 7 heteroatoms. The van der Waals surface area contributed by atoms with E-state index in [1.165, 1.54) is 12.1 Å². The molecule has 96 valence electrons. The van der Waals surface area contributed by atoms with Crippen molar-refractivity contribution in [2.45, 2.75) is 11.8 Å². The van der Waals surface area contributed by atoms with E-state index in [0.717, 1.165) is 0 Å². The fraction of sp³-hybridized carbons (Fsp3) is 0.182. The van der Waals surface area contributed by atoms with E-state index in [2.05, 4.69) is 21.4 Å². The van der Waals surface area contributed by atoms with E-state index in [0.29, 0.717) is 5.01 Å². The summed E-state index contributed by atoms with van der Waals surface area (Å²) in [5.74, 6) is -1.23. The van der Waals surface area contributed by atoms with Gasteiger partial charge in [-0.1, -0.05) is 34.1 Å². The van der Waals surface area contributed by atoms with E-state index in [4.69, 9.17) is 5.73 Å². The largest absolute Gasteiger partial charge is 0.350 e. The molecule has 1 aromatic rings. The first-order chi connectivity index (χ1) is 8.43. The molecule has 0 radical (unpaired) electrons. The number of carbonyl (C=O) groups is 3. The maximum atomic E-state index is 11.9. The average molecular weight is 314 g/mol. The molecule has 1 aromatic carbocycles. The first kappa shape index (κ1) is 14.2. The van der Waals surface area contributed by atoms with Crippen LogP contribution in [0.5, 0.6) is 0 Å². The zero-order valence-electron chi connectivity index (χ0n) is 9.59. The van der Waals surface area contributed by atoms with Crippen LogP contribution >= 0.6 is 15.9 Å². The summed E-state index contributed by atoms with van der Waals surface area (Å²) in [7, 11) is 0. The Morgan fingerprint density at radius 1 is 1.28 bits per heavy atom. The monoisotopic (exact) mass is 313 g/mol. The van der Waals surface area contributed by atoms with Gasteiger partial charge < -0.3 is 5.73 Å². The third kappa shape index (κ3) is 3.56. The number of rotatable bonds is 2. The highest BCUT2D eigenvalue weighted by Crippen LogP contribution is 2.04. The number of urea groups is 1. The lowest BCUT2D eigenvalue weighted by Crippen LogP contribution is -2.53. The lowest BCUT2D eigenvalue weighted by molar-refractivity contribution is -0.123. The van der Waals surface area contributed by atoms with Gasteiger partial charge in [-0.2, -0.15) is 5.01 Å². The predicted octanol–water partition coefficient (Wildman–Crippen LogP) is 1.02. The lowest BCUT2D eigenvalue weighted by atomic mass is 10.2. The summed E-state index contributed by atoms with van der Waals surface area (Å²) in [5, 5.41) is 0.482. The van der Waals surface area contributed by atoms with E-state index >= 15 is 0 Å². The number of nitrogens with two attached hydrogens (primary N) is 1. The van der Waals surface area contributed by atoms with E-state index in [1.807, 2.05) is 0 Å². The number of hydrogen-bond acceptors (Lipinski definition) is 3. The van der Waals surface area contributed by atoms with Crippen LogP contribution in [0, 0.1) is 0 Å². The van der Waals surface area contributed by atoms with Crippen molar-refractivity contribution in [1.29, 1.82) is 0 Å². The molecule has 4 amide bonds. The van der Waals surface area contributed by atoms with Crippen LogP contribution in [0.2, 0.25) is 0 Å². The van der Waals surface area contributed by atoms with Crippen molar-refractivity contribution in [2.75, 3.05) is 0 Å². The lowest BCUT2D eigenvalue weighted by Gasteiger charge is -2.19. The third-order valence-corrected chi connectivity index (χ3v) is 2.44. The number of halogens is 1. The summed E-state index contributed by atoms with van der Waals surface area (Å²) in [4.78, 5) is 34.0. The van der Waals surface area contributed by atoms with Crippen molar-refractivity contribution in [3.8, 4) is 0 Å². The molecule has 1 atom stereocenters. The van der Waals surface area contributed by atoms with Gasteiger partial charge >= 0.3 is 6.03 Å². The second kappa shape index (κ2) is 6.15. The van der Waals surface area contributed by atoms with Crippen molar-refractivity contribution in [1.82, 2.24) is 10.4 Å². The van der Waals surface area contributed by atoms with Gasteiger partial charge in [0, 0.05) is 5.56 Å². The minimum Gasteiger partial charge on any atom is -0.350 e. The molecule has 0 aliphatic heterocycles. The zero-order valence-corrected chi connectivity index (χ0v) is 11.2. The van der Waals surface area contributed by atoms with E-state index < -0.39 is 22.7 Å². The van der Waals surface area contributed by atoms with Gasteiger partial charge in [0.25, 0.3) is 11.8 Å². The number of benzene rings is 1. The molecule has 0 saturated carbocycles. The number of alkyl halides is 1. The van der Waals surface area contributed by atoms with Gasteiger partial charge in [0.15, 0.2) is 0 Å². The Morgan fingerprint density at radius 3 is 2.28 bits per heavy atom. The van der Waals surface area contributed by atoms with Gasteiger partial charge in [-0.15, -0.1) is 0 Å². The number of nitrogens with one attached hydrogen (secondary N) is 1. The molecule has 0 aromatic heterocycles. The van der Waals surface area contributed by atoms with Crippen LogP contribution in [0.4, 0.5) is 4.79 Å². The summed E-state index contributed by atoms with van der Waals surface area (Å²) >= 11 is 3.02. The van der Waals surface area contributed by atoms with E-state index in [-0.39, 0.29) is 5.56 Å². The highest BCUT2D eigenvalue weighted by Gasteiger charge is 2.24. The highest BCUT2D eigenvalue weighted by atomic mass is 79.9. The normalized spacial score (nSPS) is 11.4. The number of nitrogens with zero attached hydrogens (tertiary/aromatic N) is 1. The first-order valence-corrected chi connectivity index (χ1v) is 5.98. The van der Waals surface area contributed by atoms with Gasteiger partial charge in [0.2, 0.25) is 0 Å². The maximum Gasteiger partial charge on any atom is 0.341 e. The van der Waals surface area contributed by atoms with Crippen LogP contribution in [0.25, 0.3) is 0 Å². The molecule has 0 bridgehead atoms. The Bertz CT molecular complexity index is 462. The van der Waals surface area contributed by atoms with Crippen LogP contribution in [0.1, 0.15) is 17.3 Å². The van der Waals surface area contributed by atoms with Crippen LogP contribution in [0.3, 0.4) is 0 Å². The Labute approximate surface area is 112 Å². The number of hydrazine groups is 1. The number of primary amides is 1. The molecule has 0 spiro atoms. The quantitative estimate of drug-likeness (QED) is 0.630. The Hall–Kier alpha value is -1.89. The predicted molar refractivity (Wildman–Crippen MR) is 68.7 cm³/mol. The molecule has 0 saturated heterocycles. The van der Waals surface area contributed by atoms with Gasteiger partial charge in [-0.05, 0) is 19.1 Å². The summed E-state index contributed by atoms with van der Waals surface area (Å²) in [6.07, 6.45) is 0.